The molecule has 160 valence electrons. The number of aliphatic hydroxyl groups is 1. The highest BCUT2D eigenvalue weighted by Crippen LogP contribution is 2.34. The molecule has 2 heterocycles. The van der Waals surface area contributed by atoms with Crippen LogP contribution in [0.2, 0.25) is 0 Å². The molecule has 2 atom stereocenters. The minimum atomic E-state index is -0.453. The third-order valence-electron chi connectivity index (χ3n) is 6.32. The summed E-state index contributed by atoms with van der Waals surface area (Å²) in [6, 6.07) is 14.1. The number of aromatic nitrogens is 2. The van der Waals surface area contributed by atoms with Gasteiger partial charge in [-0.3, -0.25) is 9.48 Å². The summed E-state index contributed by atoms with van der Waals surface area (Å²) in [6.45, 7) is 3.13. The maximum Gasteiger partial charge on any atom is 0.258 e. The lowest BCUT2D eigenvalue weighted by Crippen LogP contribution is -2.27. The number of aryl methyl sites for hydroxylation is 2. The second-order valence-electron chi connectivity index (χ2n) is 8.60. The molecular weight excluding hydrogens is 390 g/mol. The number of ether oxygens (including phenoxy) is 1. The van der Waals surface area contributed by atoms with E-state index in [1.807, 2.05) is 47.9 Å². The van der Waals surface area contributed by atoms with Gasteiger partial charge in [-0.25, -0.2) is 0 Å². The molecule has 2 aromatic carbocycles. The van der Waals surface area contributed by atoms with Crippen molar-refractivity contribution in [2.75, 3.05) is 0 Å². The number of fused-ring (bicyclic) bond motifs is 1. The van der Waals surface area contributed by atoms with Crippen molar-refractivity contribution >= 4 is 5.91 Å². The molecule has 0 spiro atoms. The lowest BCUT2D eigenvalue weighted by atomic mass is 10.0. The summed E-state index contributed by atoms with van der Waals surface area (Å²) < 4.78 is 7.89. The number of rotatable bonds is 5. The number of amides is 1. The zero-order valence-electron chi connectivity index (χ0n) is 17.9. The van der Waals surface area contributed by atoms with Gasteiger partial charge in [0.25, 0.3) is 5.91 Å². The molecule has 0 bridgehead atoms. The second-order valence-corrected chi connectivity index (χ2v) is 8.60. The summed E-state index contributed by atoms with van der Waals surface area (Å²) in [7, 11) is 1.92. The molecule has 2 unspecified atom stereocenters. The van der Waals surface area contributed by atoms with Crippen LogP contribution in [0.4, 0.5) is 0 Å². The van der Waals surface area contributed by atoms with Crippen LogP contribution >= 0.6 is 0 Å². The second kappa shape index (κ2) is 7.85. The van der Waals surface area contributed by atoms with Crippen LogP contribution in [-0.2, 0) is 20.1 Å². The number of nitrogens with zero attached hydrogens (tertiary/aromatic N) is 3. The van der Waals surface area contributed by atoms with Crippen LogP contribution in [-0.4, -0.2) is 37.9 Å². The number of aliphatic hydroxyl groups excluding tert-OH is 1. The Hall–Kier alpha value is -3.12. The fourth-order valence-corrected chi connectivity index (χ4v) is 4.71. The van der Waals surface area contributed by atoms with Crippen molar-refractivity contribution in [3.63, 3.8) is 0 Å². The lowest BCUT2D eigenvalue weighted by molar-refractivity contribution is 0.0582. The van der Waals surface area contributed by atoms with E-state index in [1.165, 1.54) is 0 Å². The van der Waals surface area contributed by atoms with E-state index in [9.17, 15) is 9.90 Å². The van der Waals surface area contributed by atoms with Crippen LogP contribution in [0.1, 0.15) is 46.4 Å². The van der Waals surface area contributed by atoms with Gasteiger partial charge in [-0.2, -0.15) is 5.10 Å². The topological polar surface area (TPSA) is 67.6 Å². The van der Waals surface area contributed by atoms with Crippen LogP contribution in [0.5, 0.6) is 5.75 Å². The van der Waals surface area contributed by atoms with E-state index in [1.54, 1.807) is 0 Å². The zero-order valence-corrected chi connectivity index (χ0v) is 17.9. The van der Waals surface area contributed by atoms with Crippen LogP contribution in [0, 0.1) is 6.92 Å². The quantitative estimate of drug-likeness (QED) is 0.685. The third kappa shape index (κ3) is 3.72. The molecule has 2 aliphatic rings. The number of hydrogen-bond acceptors (Lipinski definition) is 4. The molecule has 1 fully saturated rings. The summed E-state index contributed by atoms with van der Waals surface area (Å²) in [5.74, 6) is 0.587. The molecule has 0 saturated heterocycles. The van der Waals surface area contributed by atoms with Crippen LogP contribution in [0.25, 0.3) is 11.1 Å². The highest BCUT2D eigenvalue weighted by Gasteiger charge is 2.33. The predicted octanol–water partition coefficient (Wildman–Crippen LogP) is 3.84. The van der Waals surface area contributed by atoms with E-state index in [2.05, 4.69) is 29.4 Å². The van der Waals surface area contributed by atoms with Gasteiger partial charge in [0.2, 0.25) is 0 Å². The van der Waals surface area contributed by atoms with Gasteiger partial charge in [-0.15, -0.1) is 0 Å². The van der Waals surface area contributed by atoms with Gasteiger partial charge < -0.3 is 14.7 Å². The lowest BCUT2D eigenvalue weighted by Gasteiger charge is -2.19. The number of carbonyl (C=O) groups is 1. The first-order chi connectivity index (χ1) is 15.0. The van der Waals surface area contributed by atoms with E-state index in [-0.39, 0.29) is 12.0 Å². The molecule has 0 radical (unpaired) electrons. The summed E-state index contributed by atoms with van der Waals surface area (Å²) in [5.41, 5.74) is 5.95. The normalized spacial score (nSPS) is 20.4. The van der Waals surface area contributed by atoms with E-state index in [0.717, 1.165) is 47.2 Å². The maximum absolute atomic E-state index is 13.2. The highest BCUT2D eigenvalue weighted by atomic mass is 16.5. The maximum atomic E-state index is 13.2. The minimum absolute atomic E-state index is 0.00901. The van der Waals surface area contributed by atoms with Crippen molar-refractivity contribution < 1.29 is 14.6 Å². The van der Waals surface area contributed by atoms with Gasteiger partial charge in [0.1, 0.15) is 11.9 Å². The molecule has 31 heavy (non-hydrogen) atoms. The van der Waals surface area contributed by atoms with E-state index in [4.69, 9.17) is 4.74 Å². The Labute approximate surface area is 182 Å². The van der Waals surface area contributed by atoms with Crippen molar-refractivity contribution in [3.05, 3.63) is 71.0 Å². The average Bonchev–Trinajstić information content (AvgIpc) is 3.41. The molecule has 1 aromatic heterocycles. The van der Waals surface area contributed by atoms with Crippen LogP contribution in [0.3, 0.4) is 0 Å². The summed E-state index contributed by atoms with van der Waals surface area (Å²) >= 11 is 0. The van der Waals surface area contributed by atoms with Crippen molar-refractivity contribution in [1.29, 1.82) is 0 Å². The fraction of sp³-hybridized carbons (Fsp3) is 0.360. The summed E-state index contributed by atoms with van der Waals surface area (Å²) in [6.07, 6.45) is 3.88. The Balaban J connectivity index is 1.32. The molecule has 3 aromatic rings. The van der Waals surface area contributed by atoms with E-state index >= 15 is 0 Å². The van der Waals surface area contributed by atoms with Gasteiger partial charge in [0.05, 0.1) is 17.4 Å². The van der Waals surface area contributed by atoms with E-state index in [0.29, 0.717) is 24.4 Å². The smallest absolute Gasteiger partial charge is 0.258 e. The number of benzene rings is 2. The Morgan fingerprint density at radius 2 is 1.97 bits per heavy atom. The van der Waals surface area contributed by atoms with Crippen molar-refractivity contribution in [3.8, 4) is 16.9 Å². The molecule has 1 N–H and O–H groups in total. The SMILES string of the molecule is Cc1nn(C)cc1-c1ccc(CN2Cc3cccc(OC4CCCC4O)c3C2=O)cc1. The first kappa shape index (κ1) is 19.8. The van der Waals surface area contributed by atoms with E-state index < -0.39 is 6.10 Å². The fourth-order valence-electron chi connectivity index (χ4n) is 4.71. The monoisotopic (exact) mass is 417 g/mol. The molecule has 1 amide bonds. The molecule has 6 nitrogen and oxygen atoms in total. The Morgan fingerprint density at radius 1 is 1.16 bits per heavy atom. The van der Waals surface area contributed by atoms with Gasteiger partial charge in [-0.1, -0.05) is 36.4 Å². The summed E-state index contributed by atoms with van der Waals surface area (Å²) in [4.78, 5) is 15.0. The van der Waals surface area contributed by atoms with Crippen molar-refractivity contribution in [2.24, 2.45) is 7.05 Å². The molecule has 1 saturated carbocycles. The standard InChI is InChI=1S/C25H27N3O3/c1-16-20(15-27(2)26-16)18-11-9-17(10-12-18)13-28-14-19-5-3-8-23(24(19)25(28)30)31-22-7-4-6-21(22)29/h3,5,8-12,15,21-22,29H,4,6-7,13-14H2,1-2H3. The van der Waals surface area contributed by atoms with Gasteiger partial charge in [0, 0.05) is 31.9 Å². The van der Waals surface area contributed by atoms with Crippen molar-refractivity contribution in [2.45, 2.75) is 51.5 Å². The molecule has 1 aliphatic heterocycles. The summed E-state index contributed by atoms with van der Waals surface area (Å²) in [5, 5.41) is 14.5. The van der Waals surface area contributed by atoms with Gasteiger partial charge in [0.15, 0.2) is 0 Å². The zero-order chi connectivity index (χ0) is 21.5. The molecule has 1 aliphatic carbocycles. The minimum Gasteiger partial charge on any atom is -0.487 e. The van der Waals surface area contributed by atoms with Crippen LogP contribution < -0.4 is 4.74 Å². The number of carbonyl (C=O) groups excluding carboxylic acids is 1. The molecule has 6 heteroatoms. The highest BCUT2D eigenvalue weighted by molar-refractivity contribution is 6.01. The molecular formula is C25H27N3O3. The van der Waals surface area contributed by atoms with Crippen molar-refractivity contribution in [1.82, 2.24) is 14.7 Å². The van der Waals surface area contributed by atoms with Gasteiger partial charge in [-0.05, 0) is 48.9 Å². The first-order valence-electron chi connectivity index (χ1n) is 10.8. The largest absolute Gasteiger partial charge is 0.487 e. The predicted molar refractivity (Wildman–Crippen MR) is 118 cm³/mol. The number of hydrogen-bond donors (Lipinski definition) is 1. The van der Waals surface area contributed by atoms with Gasteiger partial charge >= 0.3 is 0 Å². The molecule has 5 rings (SSSR count). The van der Waals surface area contributed by atoms with Crippen LogP contribution in [0.15, 0.2) is 48.7 Å². The third-order valence-corrected chi connectivity index (χ3v) is 6.32. The first-order valence-corrected chi connectivity index (χ1v) is 10.8. The Kier molecular flexibility index (Phi) is 5.02. The Bertz CT molecular complexity index is 1120. The Morgan fingerprint density at radius 3 is 2.65 bits per heavy atom. The average molecular weight is 418 g/mol.